The first kappa shape index (κ1) is 32.0. The number of methoxy groups -OCH3 is 1. The van der Waals surface area contributed by atoms with Crippen LogP contribution < -0.4 is 20.1 Å². The topological polar surface area (TPSA) is 92.8 Å². The molecule has 0 aliphatic rings. The van der Waals surface area contributed by atoms with E-state index < -0.39 is 6.03 Å². The van der Waals surface area contributed by atoms with Crippen molar-refractivity contribution in [3.05, 3.63) is 120 Å². The summed E-state index contributed by atoms with van der Waals surface area (Å²) in [6, 6.07) is 29.0. The van der Waals surface area contributed by atoms with Crippen LogP contribution in [0, 0.1) is 0 Å². The van der Waals surface area contributed by atoms with Crippen molar-refractivity contribution in [1.29, 1.82) is 0 Å². The zero-order chi connectivity index (χ0) is 32.8. The third-order valence-electron chi connectivity index (χ3n) is 7.81. The molecule has 3 amide bonds. The van der Waals surface area contributed by atoms with E-state index in [-0.39, 0.29) is 11.3 Å². The first-order chi connectivity index (χ1) is 22.0. The molecule has 5 aromatic rings. The first-order valence-electron chi connectivity index (χ1n) is 15.2. The summed E-state index contributed by atoms with van der Waals surface area (Å²) >= 11 is 0. The van der Waals surface area contributed by atoms with Crippen molar-refractivity contribution in [3.63, 3.8) is 0 Å². The third kappa shape index (κ3) is 7.64. The number of carbonyl (C=O) groups excluding carboxylic acids is 2. The van der Waals surface area contributed by atoms with Crippen molar-refractivity contribution in [2.75, 3.05) is 24.8 Å². The zero-order valence-electron chi connectivity index (χ0n) is 27.2. The van der Waals surface area contributed by atoms with Crippen LogP contribution in [0.4, 0.5) is 16.2 Å². The van der Waals surface area contributed by atoms with Crippen molar-refractivity contribution in [1.82, 2.24) is 9.88 Å². The number of urea groups is 1. The Labute approximate surface area is 270 Å². The van der Waals surface area contributed by atoms with Gasteiger partial charge in [-0.1, -0.05) is 75.4 Å². The summed E-state index contributed by atoms with van der Waals surface area (Å²) in [5.74, 6) is 1.79. The third-order valence-corrected chi connectivity index (χ3v) is 7.81. The largest absolute Gasteiger partial charge is 0.494 e. The van der Waals surface area contributed by atoms with Gasteiger partial charge in [-0.05, 0) is 46.9 Å². The van der Waals surface area contributed by atoms with Gasteiger partial charge in [-0.3, -0.25) is 9.78 Å². The SMILES string of the molecule is COc1c(CN(C)C(C)=O)cc(C(C)(C)C)cc1NC(=O)Nc1ccc(Oc2ccnc(Cc3ccccc3)c2)c2ccccc12. The number of fused-ring (bicyclic) bond motifs is 1. The first-order valence-corrected chi connectivity index (χ1v) is 15.2. The second-order valence-electron chi connectivity index (χ2n) is 12.3. The van der Waals surface area contributed by atoms with Gasteiger partial charge in [-0.2, -0.15) is 0 Å². The molecule has 8 nitrogen and oxygen atoms in total. The Bertz CT molecular complexity index is 1860. The predicted octanol–water partition coefficient (Wildman–Crippen LogP) is 8.55. The molecule has 8 heteroatoms. The molecule has 0 fully saturated rings. The predicted molar refractivity (Wildman–Crippen MR) is 184 cm³/mol. The fourth-order valence-corrected chi connectivity index (χ4v) is 5.23. The lowest BCUT2D eigenvalue weighted by atomic mass is 9.85. The summed E-state index contributed by atoms with van der Waals surface area (Å²) in [7, 11) is 3.30. The van der Waals surface area contributed by atoms with Gasteiger partial charge in [0, 0.05) is 61.2 Å². The lowest BCUT2D eigenvalue weighted by Gasteiger charge is -2.25. The van der Waals surface area contributed by atoms with E-state index in [1.807, 2.05) is 78.9 Å². The number of pyridine rings is 1. The molecular formula is C38H40N4O4. The highest BCUT2D eigenvalue weighted by atomic mass is 16.5. The van der Waals surface area contributed by atoms with Crippen LogP contribution in [0.15, 0.2) is 97.2 Å². The number of nitrogens with zero attached hydrogens (tertiary/aromatic N) is 2. The lowest BCUT2D eigenvalue weighted by molar-refractivity contribution is -0.128. The Balaban J connectivity index is 1.39. The van der Waals surface area contributed by atoms with Crippen molar-refractivity contribution < 1.29 is 19.1 Å². The Morgan fingerprint density at radius 1 is 0.848 bits per heavy atom. The van der Waals surface area contributed by atoms with Gasteiger partial charge in [0.1, 0.15) is 17.2 Å². The van der Waals surface area contributed by atoms with E-state index in [0.29, 0.717) is 41.6 Å². The average molecular weight is 617 g/mol. The highest BCUT2D eigenvalue weighted by Crippen LogP contribution is 2.37. The molecule has 0 atom stereocenters. The maximum atomic E-state index is 13.5. The summed E-state index contributed by atoms with van der Waals surface area (Å²) in [6.07, 6.45) is 2.46. The summed E-state index contributed by atoms with van der Waals surface area (Å²) in [5, 5.41) is 7.68. The smallest absolute Gasteiger partial charge is 0.323 e. The molecule has 0 spiro atoms. The van der Waals surface area contributed by atoms with Gasteiger partial charge in [-0.25, -0.2) is 4.79 Å². The van der Waals surface area contributed by atoms with E-state index in [4.69, 9.17) is 9.47 Å². The van der Waals surface area contributed by atoms with Gasteiger partial charge in [0.15, 0.2) is 0 Å². The van der Waals surface area contributed by atoms with Crippen molar-refractivity contribution in [3.8, 4) is 17.2 Å². The van der Waals surface area contributed by atoms with Crippen LogP contribution in [0.2, 0.25) is 0 Å². The molecule has 0 radical (unpaired) electrons. The normalized spacial score (nSPS) is 11.2. The van der Waals surface area contributed by atoms with E-state index in [1.165, 1.54) is 12.5 Å². The van der Waals surface area contributed by atoms with Gasteiger partial charge < -0.3 is 25.0 Å². The van der Waals surface area contributed by atoms with Crippen LogP contribution >= 0.6 is 0 Å². The molecular weight excluding hydrogens is 576 g/mol. The Morgan fingerprint density at radius 3 is 2.24 bits per heavy atom. The number of ether oxygens (including phenoxy) is 2. The van der Waals surface area contributed by atoms with E-state index in [9.17, 15) is 9.59 Å². The molecule has 46 heavy (non-hydrogen) atoms. The molecule has 2 N–H and O–H groups in total. The second kappa shape index (κ2) is 13.7. The van der Waals surface area contributed by atoms with E-state index in [2.05, 4.69) is 48.5 Å². The van der Waals surface area contributed by atoms with Crippen molar-refractivity contribution in [2.45, 2.75) is 46.1 Å². The van der Waals surface area contributed by atoms with Crippen LogP contribution in [-0.2, 0) is 23.2 Å². The number of rotatable bonds is 9. The van der Waals surface area contributed by atoms with Crippen LogP contribution in [0.1, 0.15) is 50.1 Å². The monoisotopic (exact) mass is 616 g/mol. The number of anilines is 2. The number of nitrogens with one attached hydrogen (secondary N) is 2. The van der Waals surface area contributed by atoms with Crippen molar-refractivity contribution >= 4 is 34.1 Å². The highest BCUT2D eigenvalue weighted by molar-refractivity contribution is 6.08. The second-order valence-corrected chi connectivity index (χ2v) is 12.3. The Morgan fingerprint density at radius 2 is 1.54 bits per heavy atom. The molecule has 5 rings (SSSR count). The van der Waals surface area contributed by atoms with E-state index in [1.54, 1.807) is 25.3 Å². The minimum atomic E-state index is -0.422. The highest BCUT2D eigenvalue weighted by Gasteiger charge is 2.22. The molecule has 0 aliphatic heterocycles. The molecule has 0 unspecified atom stereocenters. The van der Waals surface area contributed by atoms with E-state index >= 15 is 0 Å². The maximum absolute atomic E-state index is 13.5. The van der Waals surface area contributed by atoms with Crippen LogP contribution in [-0.4, -0.2) is 36.0 Å². The van der Waals surface area contributed by atoms with Gasteiger partial charge in [0.05, 0.1) is 18.5 Å². The number of hydrogen-bond donors (Lipinski definition) is 2. The molecule has 1 heterocycles. The quantitative estimate of drug-likeness (QED) is 0.173. The molecule has 0 saturated carbocycles. The van der Waals surface area contributed by atoms with Crippen LogP contribution in [0.5, 0.6) is 17.2 Å². The molecule has 0 bridgehead atoms. The summed E-state index contributed by atoms with van der Waals surface area (Å²) < 4.78 is 12.1. The van der Waals surface area contributed by atoms with Crippen molar-refractivity contribution in [2.24, 2.45) is 0 Å². The summed E-state index contributed by atoms with van der Waals surface area (Å²) in [6.45, 7) is 8.17. The molecule has 0 aliphatic carbocycles. The maximum Gasteiger partial charge on any atom is 0.323 e. The summed E-state index contributed by atoms with van der Waals surface area (Å²) in [5.41, 5.74) is 4.84. The number of hydrogen-bond acceptors (Lipinski definition) is 5. The zero-order valence-corrected chi connectivity index (χ0v) is 27.2. The minimum Gasteiger partial charge on any atom is -0.494 e. The molecule has 236 valence electrons. The van der Waals surface area contributed by atoms with Gasteiger partial charge >= 0.3 is 6.03 Å². The molecule has 0 saturated heterocycles. The minimum absolute atomic E-state index is 0.0636. The number of carbonyl (C=O) groups is 2. The Kier molecular flexibility index (Phi) is 9.56. The molecule has 1 aromatic heterocycles. The fourth-order valence-electron chi connectivity index (χ4n) is 5.23. The molecule has 4 aromatic carbocycles. The van der Waals surface area contributed by atoms with Gasteiger partial charge in [0.25, 0.3) is 0 Å². The van der Waals surface area contributed by atoms with Gasteiger partial charge in [0.2, 0.25) is 5.91 Å². The van der Waals surface area contributed by atoms with Crippen LogP contribution in [0.25, 0.3) is 10.8 Å². The average Bonchev–Trinajstić information content (AvgIpc) is 3.02. The number of amides is 3. The number of aromatic nitrogens is 1. The van der Waals surface area contributed by atoms with Gasteiger partial charge in [-0.15, -0.1) is 0 Å². The van der Waals surface area contributed by atoms with Crippen LogP contribution in [0.3, 0.4) is 0 Å². The number of benzene rings is 4. The van der Waals surface area contributed by atoms with E-state index in [0.717, 1.165) is 27.6 Å². The lowest BCUT2D eigenvalue weighted by Crippen LogP contribution is -2.25. The summed E-state index contributed by atoms with van der Waals surface area (Å²) in [4.78, 5) is 31.6. The Hall–Kier alpha value is -5.37. The fraction of sp³-hybridized carbons (Fsp3) is 0.237. The standard InChI is InChI=1S/C38H40N4O4/c1-25(43)42(5)24-27-21-28(38(2,3)4)22-34(36(27)45-6)41-37(44)40-33-16-17-35(32-15-11-10-14-31(32)33)46-30-18-19-39-29(23-30)20-26-12-8-7-9-13-26/h7-19,21-23H,20,24H2,1-6H3,(H2,40,41,44).